The number of aliphatic hydroxyl groups is 5. The first-order chi connectivity index (χ1) is 7.28. The second-order valence-corrected chi connectivity index (χ2v) is 4.22. The molecule has 5 atom stereocenters. The molecule has 0 saturated carbocycles. The van der Waals surface area contributed by atoms with Crippen molar-refractivity contribution in [3.8, 4) is 0 Å². The summed E-state index contributed by atoms with van der Waals surface area (Å²) in [6, 6.07) is 0. The fraction of sp³-hybridized carbons (Fsp3) is 1.00. The molecule has 1 aliphatic rings. The van der Waals surface area contributed by atoms with Crippen LogP contribution in [-0.2, 0) is 9.47 Å². The molecule has 0 spiro atoms. The Morgan fingerprint density at radius 2 is 1.75 bits per heavy atom. The summed E-state index contributed by atoms with van der Waals surface area (Å²) in [7, 11) is 0. The molecule has 1 saturated heterocycles. The van der Waals surface area contributed by atoms with Gasteiger partial charge in [-0.3, -0.25) is 0 Å². The van der Waals surface area contributed by atoms with E-state index in [1.165, 1.54) is 13.8 Å². The Morgan fingerprint density at radius 3 is 2.12 bits per heavy atom. The zero-order valence-corrected chi connectivity index (χ0v) is 9.15. The van der Waals surface area contributed by atoms with Crippen molar-refractivity contribution < 1.29 is 35.0 Å². The molecule has 96 valence electrons. The van der Waals surface area contributed by atoms with Crippen LogP contribution in [0.15, 0.2) is 0 Å². The van der Waals surface area contributed by atoms with Gasteiger partial charge in [0.2, 0.25) is 0 Å². The molecule has 0 aromatic rings. The van der Waals surface area contributed by atoms with Crippen LogP contribution in [0.25, 0.3) is 0 Å². The van der Waals surface area contributed by atoms with Gasteiger partial charge in [-0.15, -0.1) is 0 Å². The van der Waals surface area contributed by atoms with Gasteiger partial charge >= 0.3 is 0 Å². The molecule has 1 aliphatic heterocycles. The van der Waals surface area contributed by atoms with Crippen LogP contribution in [-0.4, -0.2) is 68.6 Å². The monoisotopic (exact) mass is 238 g/mol. The number of rotatable bonds is 4. The van der Waals surface area contributed by atoms with E-state index in [2.05, 4.69) is 0 Å². The average molecular weight is 238 g/mol. The molecule has 1 unspecified atom stereocenters. The first kappa shape index (κ1) is 13.8. The third-order valence-corrected chi connectivity index (χ3v) is 2.37. The lowest BCUT2D eigenvalue weighted by Crippen LogP contribution is -2.49. The number of hydrogen-bond acceptors (Lipinski definition) is 7. The van der Waals surface area contributed by atoms with E-state index in [4.69, 9.17) is 19.7 Å². The maximum absolute atomic E-state index is 9.64. The van der Waals surface area contributed by atoms with Crippen molar-refractivity contribution in [1.82, 2.24) is 0 Å². The Hall–Kier alpha value is -0.280. The molecule has 0 radical (unpaired) electrons. The highest BCUT2D eigenvalue weighted by Crippen LogP contribution is 2.29. The maximum Gasteiger partial charge on any atom is 0.187 e. The smallest absolute Gasteiger partial charge is 0.187 e. The lowest BCUT2D eigenvalue weighted by atomic mass is 10.0. The van der Waals surface area contributed by atoms with Crippen LogP contribution in [0.5, 0.6) is 0 Å². The lowest BCUT2D eigenvalue weighted by molar-refractivity contribution is -0.178. The minimum absolute atomic E-state index is 0.703. The van der Waals surface area contributed by atoms with Gasteiger partial charge in [0.1, 0.15) is 24.4 Å². The van der Waals surface area contributed by atoms with E-state index < -0.39 is 43.1 Å². The van der Waals surface area contributed by atoms with E-state index >= 15 is 0 Å². The van der Waals surface area contributed by atoms with Crippen LogP contribution in [0.4, 0.5) is 0 Å². The van der Waals surface area contributed by atoms with Gasteiger partial charge < -0.3 is 35.0 Å². The van der Waals surface area contributed by atoms with Gasteiger partial charge in [-0.1, -0.05) is 0 Å². The molecule has 16 heavy (non-hydrogen) atoms. The fourth-order valence-electron chi connectivity index (χ4n) is 1.54. The Labute approximate surface area is 92.9 Å². The Bertz CT molecular complexity index is 232. The van der Waals surface area contributed by atoms with Gasteiger partial charge in [-0.25, -0.2) is 0 Å². The molecular weight excluding hydrogens is 220 g/mol. The predicted octanol–water partition coefficient (Wildman–Crippen LogP) is -2.47. The van der Waals surface area contributed by atoms with E-state index in [1.807, 2.05) is 0 Å². The van der Waals surface area contributed by atoms with Crippen LogP contribution in [0.1, 0.15) is 13.8 Å². The molecule has 0 aromatic carbocycles. The largest absolute Gasteiger partial charge is 0.394 e. The molecule has 5 N–H and O–H groups in total. The molecule has 0 amide bonds. The fourth-order valence-corrected chi connectivity index (χ4v) is 1.54. The molecule has 0 bridgehead atoms. The Kier molecular flexibility index (Phi) is 4.24. The highest BCUT2D eigenvalue weighted by atomic mass is 16.8. The van der Waals surface area contributed by atoms with Crippen molar-refractivity contribution in [3.05, 3.63) is 0 Å². The summed E-state index contributed by atoms with van der Waals surface area (Å²) < 4.78 is 10.1. The third kappa shape index (κ3) is 2.89. The minimum Gasteiger partial charge on any atom is -0.394 e. The van der Waals surface area contributed by atoms with Gasteiger partial charge in [-0.2, -0.15) is 0 Å². The second kappa shape index (κ2) is 4.92. The SMILES string of the molecule is CC1(C)OC(O)[C@@H]([C@@H](O)[C@H](O)[C@H](O)CO)O1. The second-order valence-electron chi connectivity index (χ2n) is 4.22. The summed E-state index contributed by atoms with van der Waals surface area (Å²) in [6.45, 7) is 2.38. The molecule has 0 aliphatic carbocycles. The van der Waals surface area contributed by atoms with E-state index in [1.54, 1.807) is 0 Å². The molecule has 1 fully saturated rings. The summed E-state index contributed by atoms with van der Waals surface area (Å²) >= 11 is 0. The molecule has 0 aromatic heterocycles. The summed E-state index contributed by atoms with van der Waals surface area (Å²) in [5.74, 6) is -1.07. The highest BCUT2D eigenvalue weighted by molar-refractivity contribution is 4.87. The summed E-state index contributed by atoms with van der Waals surface area (Å²) in [6.07, 6.45) is -7.26. The van der Waals surface area contributed by atoms with Gasteiger partial charge in [0.15, 0.2) is 12.1 Å². The van der Waals surface area contributed by atoms with Crippen LogP contribution >= 0.6 is 0 Å². The summed E-state index contributed by atoms with van der Waals surface area (Å²) in [4.78, 5) is 0. The van der Waals surface area contributed by atoms with E-state index in [0.717, 1.165) is 0 Å². The van der Waals surface area contributed by atoms with Gasteiger partial charge in [0, 0.05) is 0 Å². The topological polar surface area (TPSA) is 120 Å². The van der Waals surface area contributed by atoms with E-state index in [9.17, 15) is 15.3 Å². The molecular formula is C9H18O7. The predicted molar refractivity (Wildman–Crippen MR) is 51.2 cm³/mol. The zero-order valence-electron chi connectivity index (χ0n) is 9.15. The summed E-state index contributed by atoms with van der Waals surface area (Å²) in [5, 5.41) is 46.2. The number of aliphatic hydroxyl groups excluding tert-OH is 5. The number of ether oxygens (including phenoxy) is 2. The van der Waals surface area contributed by atoms with Crippen LogP contribution in [0, 0.1) is 0 Å². The molecule has 7 heteroatoms. The van der Waals surface area contributed by atoms with Crippen molar-refractivity contribution in [2.75, 3.05) is 6.61 Å². The maximum atomic E-state index is 9.64. The van der Waals surface area contributed by atoms with Crippen LogP contribution in [0.2, 0.25) is 0 Å². The molecule has 7 nitrogen and oxygen atoms in total. The first-order valence-corrected chi connectivity index (χ1v) is 4.97. The van der Waals surface area contributed by atoms with Crippen molar-refractivity contribution in [1.29, 1.82) is 0 Å². The van der Waals surface area contributed by atoms with Crippen LogP contribution in [0.3, 0.4) is 0 Å². The minimum atomic E-state index is -1.62. The van der Waals surface area contributed by atoms with Gasteiger partial charge in [0.05, 0.1) is 6.61 Å². The zero-order chi connectivity index (χ0) is 12.5. The lowest BCUT2D eigenvalue weighted by Gasteiger charge is -2.26. The van der Waals surface area contributed by atoms with Crippen molar-refractivity contribution in [2.24, 2.45) is 0 Å². The quantitative estimate of drug-likeness (QED) is 0.368. The van der Waals surface area contributed by atoms with Gasteiger partial charge in [0.25, 0.3) is 0 Å². The third-order valence-electron chi connectivity index (χ3n) is 2.37. The Balaban J connectivity index is 2.64. The van der Waals surface area contributed by atoms with Gasteiger partial charge in [-0.05, 0) is 13.8 Å². The number of hydrogen-bond donors (Lipinski definition) is 5. The Morgan fingerprint density at radius 1 is 1.19 bits per heavy atom. The standard InChI is InChI=1S/C9H18O7/c1-9(2)15-7(8(14)16-9)6(13)5(12)4(11)3-10/h4-8,10-14H,3H2,1-2H3/t4-,5-,6+,7-,8?/m1/s1. The van der Waals surface area contributed by atoms with Crippen molar-refractivity contribution in [2.45, 2.75) is 50.3 Å². The van der Waals surface area contributed by atoms with Crippen molar-refractivity contribution in [3.63, 3.8) is 0 Å². The highest BCUT2D eigenvalue weighted by Gasteiger charge is 2.47. The van der Waals surface area contributed by atoms with E-state index in [0.29, 0.717) is 0 Å². The van der Waals surface area contributed by atoms with Crippen molar-refractivity contribution >= 4 is 0 Å². The van der Waals surface area contributed by atoms with Crippen LogP contribution < -0.4 is 0 Å². The normalized spacial score (nSPS) is 34.7. The molecule has 1 heterocycles. The average Bonchev–Trinajstić information content (AvgIpc) is 2.48. The van der Waals surface area contributed by atoms with E-state index in [-0.39, 0.29) is 0 Å². The molecule has 1 rings (SSSR count). The summed E-state index contributed by atoms with van der Waals surface area (Å²) in [5.41, 5.74) is 0. The first-order valence-electron chi connectivity index (χ1n) is 4.97.